The van der Waals surface area contributed by atoms with Crippen LogP contribution in [-0.2, 0) is 6.54 Å². The van der Waals surface area contributed by atoms with E-state index in [2.05, 4.69) is 5.32 Å². The van der Waals surface area contributed by atoms with E-state index in [1.165, 1.54) is 12.1 Å². The summed E-state index contributed by atoms with van der Waals surface area (Å²) in [5.41, 5.74) is 1.59. The lowest BCUT2D eigenvalue weighted by molar-refractivity contribution is 0.565. The Morgan fingerprint density at radius 3 is 2.53 bits per heavy atom. The number of hydrogen-bond donors (Lipinski definition) is 1. The third-order valence-corrected chi connectivity index (χ3v) is 2.70. The summed E-state index contributed by atoms with van der Waals surface area (Å²) in [6, 6.07) is 13.6. The third-order valence-electron chi connectivity index (χ3n) is 2.70. The summed E-state index contributed by atoms with van der Waals surface area (Å²) in [6.45, 7) is 1.01. The van der Waals surface area contributed by atoms with Gasteiger partial charge in [-0.15, -0.1) is 0 Å². The second kappa shape index (κ2) is 6.81. The molecule has 1 nitrogen and oxygen atoms in total. The van der Waals surface area contributed by atoms with Crippen LogP contribution in [0.2, 0.25) is 0 Å². The molecule has 0 aromatic heterocycles. The highest BCUT2D eigenvalue weighted by molar-refractivity contribution is 5.48. The average Bonchev–Trinajstić information content (AvgIpc) is 2.42. The molecule has 0 aliphatic rings. The summed E-state index contributed by atoms with van der Waals surface area (Å²) in [7, 11) is 0. The van der Waals surface area contributed by atoms with Gasteiger partial charge in [-0.05, 0) is 11.6 Å². The standard InChI is InChI=1S/C16H15F2N/c17-15-9-8-14(16(18)11-15)12-19-10-4-7-13-5-2-1-3-6-13/h1-9,11,19H,10,12H2. The van der Waals surface area contributed by atoms with Crippen LogP contribution in [0.3, 0.4) is 0 Å². The summed E-state index contributed by atoms with van der Waals surface area (Å²) >= 11 is 0. The molecule has 3 heteroatoms. The van der Waals surface area contributed by atoms with Crippen LogP contribution in [0, 0.1) is 11.6 Å². The molecule has 0 heterocycles. The van der Waals surface area contributed by atoms with Crippen molar-refractivity contribution in [3.05, 3.63) is 77.4 Å². The number of halogens is 2. The molecule has 2 aromatic carbocycles. The molecule has 0 bridgehead atoms. The summed E-state index contributed by atoms with van der Waals surface area (Å²) in [5, 5.41) is 3.08. The van der Waals surface area contributed by atoms with Crippen LogP contribution in [0.15, 0.2) is 54.6 Å². The number of nitrogens with one attached hydrogen (secondary N) is 1. The minimum Gasteiger partial charge on any atom is -0.309 e. The van der Waals surface area contributed by atoms with Crippen LogP contribution < -0.4 is 5.32 Å². The molecule has 0 fully saturated rings. The summed E-state index contributed by atoms with van der Waals surface area (Å²) in [6.07, 6.45) is 3.96. The topological polar surface area (TPSA) is 12.0 Å². The molecule has 0 unspecified atom stereocenters. The maximum absolute atomic E-state index is 13.3. The molecule has 0 saturated heterocycles. The largest absolute Gasteiger partial charge is 0.309 e. The molecule has 98 valence electrons. The molecule has 2 aromatic rings. The van der Waals surface area contributed by atoms with E-state index in [0.717, 1.165) is 11.6 Å². The summed E-state index contributed by atoms with van der Waals surface area (Å²) in [5.74, 6) is -1.07. The van der Waals surface area contributed by atoms with E-state index in [1.807, 2.05) is 42.5 Å². The van der Waals surface area contributed by atoms with Gasteiger partial charge in [-0.25, -0.2) is 8.78 Å². The van der Waals surface area contributed by atoms with Crippen LogP contribution >= 0.6 is 0 Å². The van der Waals surface area contributed by atoms with Crippen molar-refractivity contribution in [2.24, 2.45) is 0 Å². The molecule has 2 rings (SSSR count). The molecular formula is C16H15F2N. The van der Waals surface area contributed by atoms with Gasteiger partial charge in [0.1, 0.15) is 11.6 Å². The Balaban J connectivity index is 1.79. The van der Waals surface area contributed by atoms with Crippen molar-refractivity contribution in [2.45, 2.75) is 6.54 Å². The van der Waals surface area contributed by atoms with E-state index in [9.17, 15) is 8.78 Å². The summed E-state index contributed by atoms with van der Waals surface area (Å²) < 4.78 is 26.0. The van der Waals surface area contributed by atoms with Crippen molar-refractivity contribution in [3.63, 3.8) is 0 Å². The van der Waals surface area contributed by atoms with Gasteiger partial charge in [0.05, 0.1) is 0 Å². The highest BCUT2D eigenvalue weighted by Gasteiger charge is 2.02. The second-order valence-electron chi connectivity index (χ2n) is 4.18. The van der Waals surface area contributed by atoms with Gasteiger partial charge in [0.15, 0.2) is 0 Å². The predicted molar refractivity (Wildman–Crippen MR) is 73.5 cm³/mol. The van der Waals surface area contributed by atoms with Crippen molar-refractivity contribution >= 4 is 6.08 Å². The second-order valence-corrected chi connectivity index (χ2v) is 4.18. The zero-order chi connectivity index (χ0) is 13.5. The van der Waals surface area contributed by atoms with Gasteiger partial charge in [-0.3, -0.25) is 0 Å². The maximum Gasteiger partial charge on any atom is 0.130 e. The zero-order valence-electron chi connectivity index (χ0n) is 10.4. The van der Waals surface area contributed by atoms with Crippen molar-refractivity contribution < 1.29 is 8.78 Å². The van der Waals surface area contributed by atoms with E-state index in [0.29, 0.717) is 18.7 Å². The van der Waals surface area contributed by atoms with Gasteiger partial charge in [0.2, 0.25) is 0 Å². The fourth-order valence-electron chi connectivity index (χ4n) is 1.71. The Morgan fingerprint density at radius 2 is 1.79 bits per heavy atom. The maximum atomic E-state index is 13.3. The molecule has 0 amide bonds. The fraction of sp³-hybridized carbons (Fsp3) is 0.125. The number of hydrogen-bond acceptors (Lipinski definition) is 1. The van der Waals surface area contributed by atoms with Crippen LogP contribution in [0.1, 0.15) is 11.1 Å². The van der Waals surface area contributed by atoms with E-state index < -0.39 is 11.6 Å². The van der Waals surface area contributed by atoms with E-state index in [-0.39, 0.29) is 0 Å². The molecule has 0 saturated carbocycles. The Morgan fingerprint density at radius 1 is 1.00 bits per heavy atom. The Hall–Kier alpha value is -2.00. The van der Waals surface area contributed by atoms with Crippen molar-refractivity contribution in [1.29, 1.82) is 0 Å². The van der Waals surface area contributed by atoms with Crippen molar-refractivity contribution in [1.82, 2.24) is 5.32 Å². The smallest absolute Gasteiger partial charge is 0.130 e. The highest BCUT2D eigenvalue weighted by Crippen LogP contribution is 2.08. The normalized spacial score (nSPS) is 11.1. The van der Waals surface area contributed by atoms with Gasteiger partial charge in [-0.1, -0.05) is 48.6 Å². The Kier molecular flexibility index (Phi) is 4.81. The summed E-state index contributed by atoms with van der Waals surface area (Å²) in [4.78, 5) is 0. The van der Waals surface area contributed by atoms with Crippen LogP contribution in [-0.4, -0.2) is 6.54 Å². The van der Waals surface area contributed by atoms with E-state index >= 15 is 0 Å². The van der Waals surface area contributed by atoms with Crippen molar-refractivity contribution in [3.8, 4) is 0 Å². The third kappa shape index (κ3) is 4.30. The van der Waals surface area contributed by atoms with Gasteiger partial charge in [0.25, 0.3) is 0 Å². The zero-order valence-corrected chi connectivity index (χ0v) is 10.4. The van der Waals surface area contributed by atoms with Crippen LogP contribution in [0.4, 0.5) is 8.78 Å². The monoisotopic (exact) mass is 259 g/mol. The first-order valence-electron chi connectivity index (χ1n) is 6.12. The van der Waals surface area contributed by atoms with E-state index in [1.54, 1.807) is 0 Å². The molecule has 0 radical (unpaired) electrons. The molecule has 0 aliphatic heterocycles. The first kappa shape index (κ1) is 13.4. The minimum absolute atomic E-state index is 0.380. The Labute approximate surface area is 111 Å². The quantitative estimate of drug-likeness (QED) is 0.806. The lowest BCUT2D eigenvalue weighted by Crippen LogP contribution is -2.13. The predicted octanol–water partition coefficient (Wildman–Crippen LogP) is 3.77. The molecule has 1 N–H and O–H groups in total. The van der Waals surface area contributed by atoms with Gasteiger partial charge >= 0.3 is 0 Å². The Bertz CT molecular complexity index is 550. The fourth-order valence-corrected chi connectivity index (χ4v) is 1.71. The van der Waals surface area contributed by atoms with Gasteiger partial charge < -0.3 is 5.32 Å². The first-order valence-corrected chi connectivity index (χ1v) is 6.12. The molecule has 0 spiro atoms. The number of benzene rings is 2. The van der Waals surface area contributed by atoms with E-state index in [4.69, 9.17) is 0 Å². The highest BCUT2D eigenvalue weighted by atomic mass is 19.1. The van der Waals surface area contributed by atoms with Crippen LogP contribution in [0.5, 0.6) is 0 Å². The molecule has 0 aliphatic carbocycles. The van der Waals surface area contributed by atoms with Gasteiger partial charge in [0, 0.05) is 24.7 Å². The SMILES string of the molecule is Fc1ccc(CNCC=Cc2ccccc2)c(F)c1. The van der Waals surface area contributed by atoms with Crippen LogP contribution in [0.25, 0.3) is 6.08 Å². The molecular weight excluding hydrogens is 244 g/mol. The van der Waals surface area contributed by atoms with Crippen molar-refractivity contribution in [2.75, 3.05) is 6.54 Å². The molecule has 19 heavy (non-hydrogen) atoms. The lowest BCUT2D eigenvalue weighted by atomic mass is 10.2. The minimum atomic E-state index is -0.551. The number of rotatable bonds is 5. The van der Waals surface area contributed by atoms with Gasteiger partial charge in [-0.2, -0.15) is 0 Å². The first-order chi connectivity index (χ1) is 9.25. The lowest BCUT2D eigenvalue weighted by Gasteiger charge is -2.03. The molecule has 0 atom stereocenters. The average molecular weight is 259 g/mol.